The lowest BCUT2D eigenvalue weighted by Gasteiger charge is -2.29. The number of nitrogens with one attached hydrogen (secondary N) is 2. The number of thiophene rings is 1. The molecule has 236 valence electrons. The van der Waals surface area contributed by atoms with E-state index >= 15 is 0 Å². The topological polar surface area (TPSA) is 121 Å². The van der Waals surface area contributed by atoms with Crippen molar-refractivity contribution in [2.45, 2.75) is 49.5 Å². The maximum Gasteiger partial charge on any atom is 0.410 e. The molecule has 1 aliphatic rings. The second-order valence-electron chi connectivity index (χ2n) is 11.6. The van der Waals surface area contributed by atoms with Crippen molar-refractivity contribution in [3.63, 3.8) is 0 Å². The first-order chi connectivity index (χ1) is 22.0. The number of benzene rings is 3. The summed E-state index contributed by atoms with van der Waals surface area (Å²) in [6, 6.07) is 25.8. The Morgan fingerprint density at radius 1 is 1.00 bits per heavy atom. The zero-order valence-electron chi connectivity index (χ0n) is 26.0. The molecule has 4 aromatic rings. The first kappa shape index (κ1) is 32.6. The van der Waals surface area contributed by atoms with Crippen molar-refractivity contribution >= 4 is 51.7 Å². The van der Waals surface area contributed by atoms with Crippen molar-refractivity contribution in [1.29, 1.82) is 5.26 Å². The van der Waals surface area contributed by atoms with Crippen molar-refractivity contribution in [2.75, 3.05) is 24.3 Å². The number of nitriles is 1. The summed E-state index contributed by atoms with van der Waals surface area (Å²) in [6.07, 6.45) is 0.0917. The molecule has 1 aromatic heterocycles. The number of hydrogen-bond donors (Lipinski definition) is 2. The number of carbonyl (C=O) groups excluding carboxylic acids is 3. The van der Waals surface area contributed by atoms with E-state index in [4.69, 9.17) is 9.47 Å². The number of hydrogen-bond acceptors (Lipinski definition) is 8. The average molecular weight is 655 g/mol. The highest BCUT2D eigenvalue weighted by atomic mass is 32.2. The number of rotatable bonds is 8. The standard InChI is InChI=1S/C35H34N4O5S2/c1-35(2,3)44-34(42)39-18-17-27-28(20-36)33(46-29(27)21-39)38-32(41)30(22-9-6-5-7-10-22)45-26-12-8-11-24(19-26)37-31(40)23-13-15-25(43-4)16-14-23/h5-16,19,30H,17-18,21H2,1-4H3,(H,37,40)(H,38,41). The first-order valence-electron chi connectivity index (χ1n) is 14.6. The third kappa shape index (κ3) is 7.88. The SMILES string of the molecule is COc1ccc(C(=O)Nc2cccc(SC(C(=O)Nc3sc4c(c3C#N)CCN(C(=O)OC(C)(C)C)C4)c3ccccc3)c2)cc1. The molecule has 0 aliphatic carbocycles. The van der Waals surface area contributed by atoms with Crippen molar-refractivity contribution < 1.29 is 23.9 Å². The Kier molecular flexibility index (Phi) is 9.99. The summed E-state index contributed by atoms with van der Waals surface area (Å²) >= 11 is 2.66. The van der Waals surface area contributed by atoms with Gasteiger partial charge in [0.25, 0.3) is 5.91 Å². The van der Waals surface area contributed by atoms with E-state index in [-0.39, 0.29) is 11.8 Å². The summed E-state index contributed by atoms with van der Waals surface area (Å²) in [7, 11) is 1.57. The van der Waals surface area contributed by atoms with E-state index in [2.05, 4.69) is 16.7 Å². The Morgan fingerprint density at radius 3 is 2.41 bits per heavy atom. The Balaban J connectivity index is 1.34. The molecule has 1 atom stereocenters. The van der Waals surface area contributed by atoms with E-state index in [9.17, 15) is 19.6 Å². The van der Waals surface area contributed by atoms with E-state index in [1.54, 1.807) is 42.3 Å². The number of ether oxygens (including phenoxy) is 2. The second kappa shape index (κ2) is 14.1. The molecule has 11 heteroatoms. The van der Waals surface area contributed by atoms with Crippen molar-refractivity contribution in [1.82, 2.24) is 4.90 Å². The van der Waals surface area contributed by atoms with Crippen LogP contribution in [0, 0.1) is 11.3 Å². The van der Waals surface area contributed by atoms with Gasteiger partial charge in [0.2, 0.25) is 5.91 Å². The van der Waals surface area contributed by atoms with E-state index in [1.165, 1.54) is 23.1 Å². The molecule has 0 spiro atoms. The molecular weight excluding hydrogens is 621 g/mol. The van der Waals surface area contributed by atoms with Crippen molar-refractivity contribution in [2.24, 2.45) is 0 Å². The molecule has 0 saturated heterocycles. The zero-order valence-corrected chi connectivity index (χ0v) is 27.6. The van der Waals surface area contributed by atoms with Crippen LogP contribution in [0.5, 0.6) is 5.75 Å². The predicted octanol–water partition coefficient (Wildman–Crippen LogP) is 7.65. The summed E-state index contributed by atoms with van der Waals surface area (Å²) in [5, 5.41) is 15.8. The number of carbonyl (C=O) groups is 3. The summed E-state index contributed by atoms with van der Waals surface area (Å²) in [5.74, 6) is 0.105. The van der Waals surface area contributed by atoms with E-state index < -0.39 is 16.9 Å². The number of anilines is 2. The molecule has 0 radical (unpaired) electrons. The molecule has 0 saturated carbocycles. The minimum absolute atomic E-state index is 0.266. The molecule has 1 aliphatic heterocycles. The fraction of sp³-hybridized carbons (Fsp3) is 0.257. The third-order valence-corrected chi connectivity index (χ3v) is 9.48. The van der Waals surface area contributed by atoms with Gasteiger partial charge in [-0.25, -0.2) is 4.79 Å². The molecule has 9 nitrogen and oxygen atoms in total. The van der Waals surface area contributed by atoms with Gasteiger partial charge < -0.3 is 25.0 Å². The van der Waals surface area contributed by atoms with Crippen LogP contribution in [0.2, 0.25) is 0 Å². The highest BCUT2D eigenvalue weighted by Crippen LogP contribution is 2.41. The quantitative estimate of drug-likeness (QED) is 0.187. The Morgan fingerprint density at radius 2 is 1.74 bits per heavy atom. The van der Waals surface area contributed by atoms with Gasteiger partial charge >= 0.3 is 6.09 Å². The minimum Gasteiger partial charge on any atom is -0.497 e. The van der Waals surface area contributed by atoms with Crippen molar-refractivity contribution in [3.05, 3.63) is 106 Å². The first-order valence-corrected chi connectivity index (χ1v) is 16.3. The number of nitrogens with zero attached hydrogens (tertiary/aromatic N) is 2. The number of thioether (sulfide) groups is 1. The van der Waals surface area contributed by atoms with Gasteiger partial charge in [-0.3, -0.25) is 9.59 Å². The van der Waals surface area contributed by atoms with E-state index in [0.717, 1.165) is 20.9 Å². The normalized spacial score (nSPS) is 13.2. The Hall–Kier alpha value is -4.79. The van der Waals surface area contributed by atoms with Crippen LogP contribution in [0.15, 0.2) is 83.8 Å². The summed E-state index contributed by atoms with van der Waals surface area (Å²) in [5.41, 5.74) is 2.53. The number of amides is 3. The fourth-order valence-corrected chi connectivity index (χ4v) is 7.20. The van der Waals surface area contributed by atoms with Crippen LogP contribution in [-0.4, -0.2) is 42.1 Å². The summed E-state index contributed by atoms with van der Waals surface area (Å²) in [6.45, 7) is 6.20. The van der Waals surface area contributed by atoms with Gasteiger partial charge in [0.05, 0.1) is 19.2 Å². The van der Waals surface area contributed by atoms with Crippen LogP contribution in [0.3, 0.4) is 0 Å². The van der Waals surface area contributed by atoms with Crippen LogP contribution < -0.4 is 15.4 Å². The van der Waals surface area contributed by atoms with Gasteiger partial charge in [0.1, 0.15) is 27.7 Å². The van der Waals surface area contributed by atoms with Gasteiger partial charge in [0, 0.05) is 27.6 Å². The highest BCUT2D eigenvalue weighted by molar-refractivity contribution is 8.00. The molecule has 46 heavy (non-hydrogen) atoms. The largest absolute Gasteiger partial charge is 0.497 e. The van der Waals surface area contributed by atoms with Crippen LogP contribution in [-0.2, 0) is 22.5 Å². The Bertz CT molecular complexity index is 1780. The molecule has 2 N–H and O–H groups in total. The molecule has 0 fully saturated rings. The second-order valence-corrected chi connectivity index (χ2v) is 13.9. The molecular formula is C35H34N4O5S2. The van der Waals surface area contributed by atoms with Gasteiger partial charge in [-0.2, -0.15) is 5.26 Å². The Labute approximate surface area is 276 Å². The lowest BCUT2D eigenvalue weighted by Crippen LogP contribution is -2.39. The predicted molar refractivity (Wildman–Crippen MR) is 180 cm³/mol. The minimum atomic E-state index is -0.655. The maximum absolute atomic E-state index is 13.9. The number of fused-ring (bicyclic) bond motifs is 1. The summed E-state index contributed by atoms with van der Waals surface area (Å²) in [4.78, 5) is 42.8. The molecule has 0 bridgehead atoms. The fourth-order valence-electron chi connectivity index (χ4n) is 4.90. The lowest BCUT2D eigenvalue weighted by atomic mass is 10.0. The molecule has 3 aromatic carbocycles. The van der Waals surface area contributed by atoms with Gasteiger partial charge in [-0.15, -0.1) is 23.1 Å². The smallest absolute Gasteiger partial charge is 0.410 e. The zero-order chi connectivity index (χ0) is 32.8. The maximum atomic E-state index is 13.9. The molecule has 3 amide bonds. The molecule has 1 unspecified atom stereocenters. The summed E-state index contributed by atoms with van der Waals surface area (Å²) < 4.78 is 10.7. The van der Waals surface area contributed by atoms with Crippen LogP contribution in [0.4, 0.5) is 15.5 Å². The third-order valence-electron chi connectivity index (χ3n) is 7.10. The van der Waals surface area contributed by atoms with Gasteiger partial charge in [-0.1, -0.05) is 36.4 Å². The monoisotopic (exact) mass is 654 g/mol. The van der Waals surface area contributed by atoms with E-state index in [0.29, 0.717) is 47.1 Å². The van der Waals surface area contributed by atoms with Gasteiger partial charge in [0.15, 0.2) is 0 Å². The van der Waals surface area contributed by atoms with Crippen LogP contribution >= 0.6 is 23.1 Å². The highest BCUT2D eigenvalue weighted by Gasteiger charge is 2.31. The van der Waals surface area contributed by atoms with Gasteiger partial charge in [-0.05, 0) is 80.8 Å². The van der Waals surface area contributed by atoms with Crippen molar-refractivity contribution in [3.8, 4) is 11.8 Å². The van der Waals surface area contributed by atoms with E-state index in [1.807, 2.05) is 69.3 Å². The lowest BCUT2D eigenvalue weighted by molar-refractivity contribution is -0.115. The van der Waals surface area contributed by atoms with Crippen LogP contribution in [0.25, 0.3) is 0 Å². The van der Waals surface area contributed by atoms with Crippen LogP contribution in [0.1, 0.15) is 57.9 Å². The average Bonchev–Trinajstić information content (AvgIpc) is 3.39. The number of methoxy groups -OCH3 is 1. The molecule has 2 heterocycles. The molecule has 5 rings (SSSR count).